The lowest BCUT2D eigenvalue weighted by Crippen LogP contribution is -2.01. The summed E-state index contributed by atoms with van der Waals surface area (Å²) in [5, 5.41) is 9.59. The summed E-state index contributed by atoms with van der Waals surface area (Å²) in [6.45, 7) is 1.94. The minimum Gasteiger partial charge on any atom is -0.496 e. The number of hydrogen-bond acceptors (Lipinski definition) is 2. The Morgan fingerprint density at radius 2 is 2.28 bits per heavy atom. The van der Waals surface area contributed by atoms with E-state index in [0.29, 0.717) is 5.92 Å². The normalized spacial score (nSPS) is 21.7. The van der Waals surface area contributed by atoms with Gasteiger partial charge in [-0.05, 0) is 55.4 Å². The van der Waals surface area contributed by atoms with E-state index in [1.165, 1.54) is 0 Å². The summed E-state index contributed by atoms with van der Waals surface area (Å²) in [7, 11) is 1.64. The van der Waals surface area contributed by atoms with Gasteiger partial charge >= 0.3 is 5.97 Å². The van der Waals surface area contributed by atoms with Gasteiger partial charge in [-0.15, -0.1) is 0 Å². The Bertz CT molecular complexity index is 470. The minimum absolute atomic E-state index is 0.142. The van der Waals surface area contributed by atoms with Crippen molar-refractivity contribution in [3.63, 3.8) is 0 Å². The van der Waals surface area contributed by atoms with Crippen molar-refractivity contribution < 1.29 is 14.6 Å². The van der Waals surface area contributed by atoms with Crippen LogP contribution < -0.4 is 4.74 Å². The highest BCUT2D eigenvalue weighted by atomic mass is 35.5. The molecular weight excluding hydrogens is 252 g/mol. The lowest BCUT2D eigenvalue weighted by atomic mass is 10.0. The van der Waals surface area contributed by atoms with Gasteiger partial charge in [0.2, 0.25) is 0 Å². The van der Waals surface area contributed by atoms with Crippen LogP contribution in [0.4, 0.5) is 0 Å². The number of carboxylic acid groups (broad SMARTS) is 1. The lowest BCUT2D eigenvalue weighted by Gasteiger charge is -2.10. The lowest BCUT2D eigenvalue weighted by molar-refractivity contribution is -0.138. The molecule has 0 radical (unpaired) electrons. The Labute approximate surface area is 112 Å². The predicted molar refractivity (Wildman–Crippen MR) is 70.3 cm³/mol. The van der Waals surface area contributed by atoms with Crippen molar-refractivity contribution in [2.45, 2.75) is 26.2 Å². The molecule has 0 aromatic heterocycles. The van der Waals surface area contributed by atoms with Crippen LogP contribution in [0.25, 0.3) is 0 Å². The van der Waals surface area contributed by atoms with Crippen LogP contribution >= 0.6 is 11.6 Å². The van der Waals surface area contributed by atoms with Crippen LogP contribution in [0.3, 0.4) is 0 Å². The molecule has 1 aliphatic carbocycles. The summed E-state index contributed by atoms with van der Waals surface area (Å²) in [6.07, 6.45) is 2.50. The van der Waals surface area contributed by atoms with Crippen molar-refractivity contribution in [3.05, 3.63) is 28.3 Å². The van der Waals surface area contributed by atoms with Crippen molar-refractivity contribution in [2.24, 2.45) is 11.8 Å². The zero-order valence-electron chi connectivity index (χ0n) is 10.6. The third-order valence-corrected chi connectivity index (χ3v) is 3.99. The molecule has 0 amide bonds. The Kier molecular flexibility index (Phi) is 3.81. The number of rotatable bonds is 5. The zero-order valence-corrected chi connectivity index (χ0v) is 11.3. The third-order valence-electron chi connectivity index (χ3n) is 3.59. The number of carbonyl (C=O) groups is 1. The molecule has 3 nitrogen and oxygen atoms in total. The molecule has 2 unspecified atom stereocenters. The van der Waals surface area contributed by atoms with Gasteiger partial charge in [0.15, 0.2) is 0 Å². The Hall–Kier alpha value is -1.22. The van der Waals surface area contributed by atoms with Crippen molar-refractivity contribution in [1.29, 1.82) is 0 Å². The van der Waals surface area contributed by atoms with Crippen LogP contribution in [-0.4, -0.2) is 18.2 Å². The summed E-state index contributed by atoms with van der Waals surface area (Å²) in [6, 6.07) is 3.85. The van der Waals surface area contributed by atoms with Crippen molar-refractivity contribution in [2.75, 3.05) is 7.11 Å². The first-order chi connectivity index (χ1) is 8.52. The summed E-state index contributed by atoms with van der Waals surface area (Å²) in [5.74, 6) is 0.336. The summed E-state index contributed by atoms with van der Waals surface area (Å²) < 4.78 is 5.33. The van der Waals surface area contributed by atoms with E-state index in [0.717, 1.165) is 41.2 Å². The largest absolute Gasteiger partial charge is 0.496 e. The first-order valence-corrected chi connectivity index (χ1v) is 6.46. The van der Waals surface area contributed by atoms with Crippen LogP contribution in [0.15, 0.2) is 12.1 Å². The zero-order chi connectivity index (χ0) is 13.3. The number of hydrogen-bond donors (Lipinski definition) is 1. The molecule has 0 aliphatic heterocycles. The van der Waals surface area contributed by atoms with Crippen LogP contribution in [0.5, 0.6) is 5.75 Å². The molecule has 98 valence electrons. The quantitative estimate of drug-likeness (QED) is 0.891. The molecule has 0 heterocycles. The topological polar surface area (TPSA) is 46.5 Å². The fraction of sp³-hybridized carbons (Fsp3) is 0.500. The molecule has 2 atom stereocenters. The van der Waals surface area contributed by atoms with Gasteiger partial charge in [0.05, 0.1) is 13.0 Å². The van der Waals surface area contributed by atoms with Crippen LogP contribution in [0, 0.1) is 18.8 Å². The molecule has 1 aromatic rings. The molecule has 1 saturated carbocycles. The fourth-order valence-electron chi connectivity index (χ4n) is 2.29. The third kappa shape index (κ3) is 2.78. The number of benzene rings is 1. The van der Waals surface area contributed by atoms with Gasteiger partial charge in [-0.1, -0.05) is 11.6 Å². The molecule has 1 aromatic carbocycles. The van der Waals surface area contributed by atoms with E-state index in [9.17, 15) is 4.79 Å². The first-order valence-electron chi connectivity index (χ1n) is 6.08. The van der Waals surface area contributed by atoms with Gasteiger partial charge < -0.3 is 9.84 Å². The van der Waals surface area contributed by atoms with Crippen molar-refractivity contribution >= 4 is 17.6 Å². The van der Waals surface area contributed by atoms with Gasteiger partial charge in [-0.3, -0.25) is 4.79 Å². The average Bonchev–Trinajstić information content (AvgIpc) is 3.09. The summed E-state index contributed by atoms with van der Waals surface area (Å²) in [5.41, 5.74) is 2.05. The van der Waals surface area contributed by atoms with E-state index in [-0.39, 0.29) is 5.92 Å². The van der Waals surface area contributed by atoms with E-state index in [1.54, 1.807) is 7.11 Å². The first kappa shape index (κ1) is 13.2. The van der Waals surface area contributed by atoms with E-state index >= 15 is 0 Å². The molecule has 2 rings (SSSR count). The van der Waals surface area contributed by atoms with Gasteiger partial charge in [0.25, 0.3) is 0 Å². The minimum atomic E-state index is -0.672. The highest BCUT2D eigenvalue weighted by Crippen LogP contribution is 2.42. The molecule has 0 bridgehead atoms. The number of aliphatic carboxylic acids is 1. The number of halogens is 1. The van der Waals surface area contributed by atoms with E-state index in [1.807, 2.05) is 19.1 Å². The van der Waals surface area contributed by atoms with Crippen LogP contribution in [0.1, 0.15) is 24.0 Å². The number of ether oxygens (including phenoxy) is 1. The highest BCUT2D eigenvalue weighted by molar-refractivity contribution is 6.31. The van der Waals surface area contributed by atoms with E-state index in [2.05, 4.69) is 0 Å². The van der Waals surface area contributed by atoms with Crippen molar-refractivity contribution in [3.8, 4) is 5.75 Å². The molecule has 18 heavy (non-hydrogen) atoms. The fourth-order valence-corrected chi connectivity index (χ4v) is 2.48. The summed E-state index contributed by atoms with van der Waals surface area (Å²) in [4.78, 5) is 10.8. The van der Waals surface area contributed by atoms with Gasteiger partial charge in [-0.25, -0.2) is 0 Å². The monoisotopic (exact) mass is 268 g/mol. The maximum atomic E-state index is 10.8. The van der Waals surface area contributed by atoms with Gasteiger partial charge in [-0.2, -0.15) is 0 Å². The van der Waals surface area contributed by atoms with Gasteiger partial charge in [0.1, 0.15) is 5.75 Å². The molecule has 1 fully saturated rings. The molecular formula is C14H17ClO3. The standard InChI is InChI=1S/C14H17ClO3/c1-8-5-13(18-2)10(7-12(8)15)4-3-9-6-11(9)14(16)17/h5,7,9,11H,3-4,6H2,1-2H3,(H,16,17). The molecule has 0 saturated heterocycles. The predicted octanol–water partition coefficient (Wildman–Crippen LogP) is 3.31. The number of methoxy groups -OCH3 is 1. The SMILES string of the molecule is COc1cc(C)c(Cl)cc1CCC1CC1C(=O)O. The molecule has 4 heteroatoms. The Morgan fingerprint density at radius 1 is 1.56 bits per heavy atom. The van der Waals surface area contributed by atoms with Crippen LogP contribution in [-0.2, 0) is 11.2 Å². The second-order valence-corrected chi connectivity index (χ2v) is 5.30. The Morgan fingerprint density at radius 3 is 2.83 bits per heavy atom. The highest BCUT2D eigenvalue weighted by Gasteiger charge is 2.42. The second kappa shape index (κ2) is 5.19. The molecule has 0 spiro atoms. The molecule has 1 aliphatic rings. The van der Waals surface area contributed by atoms with Gasteiger partial charge in [0, 0.05) is 5.02 Å². The Balaban J connectivity index is 2.01. The number of carboxylic acids is 1. The average molecular weight is 269 g/mol. The molecule has 1 N–H and O–H groups in total. The van der Waals surface area contributed by atoms with E-state index in [4.69, 9.17) is 21.4 Å². The van der Waals surface area contributed by atoms with Crippen LogP contribution in [0.2, 0.25) is 5.02 Å². The smallest absolute Gasteiger partial charge is 0.306 e. The van der Waals surface area contributed by atoms with Crippen molar-refractivity contribution in [1.82, 2.24) is 0 Å². The maximum Gasteiger partial charge on any atom is 0.306 e. The summed E-state index contributed by atoms with van der Waals surface area (Å²) >= 11 is 6.10. The second-order valence-electron chi connectivity index (χ2n) is 4.89. The number of aryl methyl sites for hydroxylation is 2. The maximum absolute atomic E-state index is 10.8. The van der Waals surface area contributed by atoms with E-state index < -0.39 is 5.97 Å².